The molecule has 1 amide bonds. The maximum Gasteiger partial charge on any atom is 0.421 e. The van der Waals surface area contributed by atoms with Crippen molar-refractivity contribution in [3.05, 3.63) is 69.1 Å². The lowest BCUT2D eigenvalue weighted by Crippen LogP contribution is -2.50. The molecule has 1 aliphatic rings. The van der Waals surface area contributed by atoms with Crippen molar-refractivity contribution in [2.45, 2.75) is 18.8 Å². The zero-order valence-corrected chi connectivity index (χ0v) is 14.9. The molecular weight excluding hydrogens is 383 g/mol. The van der Waals surface area contributed by atoms with E-state index < -0.39 is 29.8 Å². The zero-order valence-electron chi connectivity index (χ0n) is 14.2. The van der Waals surface area contributed by atoms with Crippen molar-refractivity contribution in [2.75, 3.05) is 19.6 Å². The van der Waals surface area contributed by atoms with Crippen molar-refractivity contribution < 1.29 is 18.0 Å². The molecule has 2 heterocycles. The van der Waals surface area contributed by atoms with Gasteiger partial charge in [-0.1, -0.05) is 23.7 Å². The van der Waals surface area contributed by atoms with E-state index in [9.17, 15) is 22.8 Å². The Balaban J connectivity index is 1.85. The first kappa shape index (κ1) is 19.4. The van der Waals surface area contributed by atoms with Gasteiger partial charge < -0.3 is 14.8 Å². The Kier molecular flexibility index (Phi) is 5.57. The van der Waals surface area contributed by atoms with Gasteiger partial charge in [-0.2, -0.15) is 13.2 Å². The highest BCUT2D eigenvalue weighted by Gasteiger charge is 2.35. The summed E-state index contributed by atoms with van der Waals surface area (Å²) in [5.74, 6) is -0.428. The van der Waals surface area contributed by atoms with Crippen LogP contribution in [0.15, 0.2) is 47.4 Å². The second kappa shape index (κ2) is 7.74. The Morgan fingerprint density at radius 1 is 1.26 bits per heavy atom. The normalized spacial score (nSPS) is 17.8. The molecule has 1 fully saturated rings. The van der Waals surface area contributed by atoms with Gasteiger partial charge in [0.05, 0.1) is 6.04 Å². The fourth-order valence-electron chi connectivity index (χ4n) is 3.13. The van der Waals surface area contributed by atoms with E-state index in [1.165, 1.54) is 6.20 Å². The summed E-state index contributed by atoms with van der Waals surface area (Å²) in [6.07, 6.45) is -3.58. The second-order valence-corrected chi connectivity index (χ2v) is 6.65. The molecule has 1 saturated heterocycles. The summed E-state index contributed by atoms with van der Waals surface area (Å²) in [6, 6.07) is 8.58. The van der Waals surface area contributed by atoms with E-state index in [0.717, 1.165) is 16.2 Å². The number of halogens is 4. The van der Waals surface area contributed by atoms with Crippen molar-refractivity contribution in [1.82, 2.24) is 14.8 Å². The lowest BCUT2D eigenvalue weighted by molar-refractivity contribution is -0.140. The molecule has 144 valence electrons. The molecular formula is C18H17ClF3N3O2. The molecule has 0 saturated carbocycles. The van der Waals surface area contributed by atoms with E-state index in [-0.39, 0.29) is 6.04 Å². The zero-order chi connectivity index (χ0) is 19.6. The molecule has 0 radical (unpaired) electrons. The maximum absolute atomic E-state index is 12.9. The van der Waals surface area contributed by atoms with Gasteiger partial charge in [0.2, 0.25) is 5.91 Å². The number of pyridine rings is 1. The average molecular weight is 400 g/mol. The Hall–Kier alpha value is -2.32. The van der Waals surface area contributed by atoms with E-state index in [2.05, 4.69) is 5.32 Å². The smallest absolute Gasteiger partial charge is 0.332 e. The standard InChI is InChI=1S/C18H17ClF3N3O2/c19-13-4-1-3-12(9-13)15-10-23-6-8-25(15)16(26)11-24-7-2-5-14(17(24)27)18(20,21)22/h1-5,7,9,15,23H,6,8,10-11H2. The van der Waals surface area contributed by atoms with E-state index in [4.69, 9.17) is 11.6 Å². The Morgan fingerprint density at radius 2 is 2.04 bits per heavy atom. The SMILES string of the molecule is O=C(Cn1cccc(C(F)(F)F)c1=O)N1CCNCC1c1cccc(Cl)c1. The minimum absolute atomic E-state index is 0.313. The highest BCUT2D eigenvalue weighted by atomic mass is 35.5. The Morgan fingerprint density at radius 3 is 2.74 bits per heavy atom. The molecule has 1 aliphatic heterocycles. The first-order valence-electron chi connectivity index (χ1n) is 8.29. The summed E-state index contributed by atoms with van der Waals surface area (Å²) in [7, 11) is 0. The molecule has 0 spiro atoms. The fourth-order valence-corrected chi connectivity index (χ4v) is 3.33. The molecule has 1 unspecified atom stereocenters. The number of nitrogens with one attached hydrogen (secondary N) is 1. The number of hydrogen-bond acceptors (Lipinski definition) is 3. The molecule has 1 aromatic carbocycles. The Labute approximate surface area is 158 Å². The van der Waals surface area contributed by atoms with E-state index in [1.54, 1.807) is 23.1 Å². The number of aromatic nitrogens is 1. The molecule has 27 heavy (non-hydrogen) atoms. The minimum Gasteiger partial charge on any atom is -0.332 e. The van der Waals surface area contributed by atoms with Crippen LogP contribution in [0, 0.1) is 0 Å². The van der Waals surface area contributed by atoms with E-state index in [1.807, 2.05) is 6.07 Å². The number of benzene rings is 1. The summed E-state index contributed by atoms with van der Waals surface area (Å²) in [5, 5.41) is 3.72. The predicted octanol–water partition coefficient (Wildman–Crippen LogP) is 2.69. The third-order valence-electron chi connectivity index (χ3n) is 4.43. The monoisotopic (exact) mass is 399 g/mol. The lowest BCUT2D eigenvalue weighted by Gasteiger charge is -2.36. The van der Waals surface area contributed by atoms with Gasteiger partial charge in [-0.05, 0) is 29.8 Å². The van der Waals surface area contributed by atoms with Crippen LogP contribution < -0.4 is 10.9 Å². The first-order chi connectivity index (χ1) is 12.8. The van der Waals surface area contributed by atoms with Crippen molar-refractivity contribution in [2.24, 2.45) is 0 Å². The second-order valence-electron chi connectivity index (χ2n) is 6.21. The number of piperazine rings is 1. The highest BCUT2D eigenvalue weighted by molar-refractivity contribution is 6.30. The van der Waals surface area contributed by atoms with Gasteiger partial charge in [0.1, 0.15) is 12.1 Å². The number of nitrogens with zero attached hydrogens (tertiary/aromatic N) is 2. The van der Waals surface area contributed by atoms with Gasteiger partial charge >= 0.3 is 6.18 Å². The van der Waals surface area contributed by atoms with Crippen LogP contribution in [0.5, 0.6) is 0 Å². The third-order valence-corrected chi connectivity index (χ3v) is 4.66. The van der Waals surface area contributed by atoms with Crippen LogP contribution in [0.3, 0.4) is 0 Å². The van der Waals surface area contributed by atoms with Crippen LogP contribution in [-0.2, 0) is 17.5 Å². The lowest BCUT2D eigenvalue weighted by atomic mass is 10.0. The molecule has 9 heteroatoms. The van der Waals surface area contributed by atoms with Crippen LogP contribution in [0.2, 0.25) is 5.02 Å². The van der Waals surface area contributed by atoms with Crippen LogP contribution >= 0.6 is 11.6 Å². The molecule has 3 rings (SSSR count). The van der Waals surface area contributed by atoms with Gasteiger partial charge in [-0.15, -0.1) is 0 Å². The number of carbonyl (C=O) groups excluding carboxylic acids is 1. The topological polar surface area (TPSA) is 54.3 Å². The van der Waals surface area contributed by atoms with Crippen molar-refractivity contribution >= 4 is 17.5 Å². The van der Waals surface area contributed by atoms with Crippen LogP contribution in [0.4, 0.5) is 13.2 Å². The summed E-state index contributed by atoms with van der Waals surface area (Å²) < 4.78 is 39.5. The molecule has 2 aromatic rings. The van der Waals surface area contributed by atoms with Gasteiger partial charge in [0.25, 0.3) is 5.56 Å². The van der Waals surface area contributed by atoms with Gasteiger partial charge in [-0.3, -0.25) is 9.59 Å². The van der Waals surface area contributed by atoms with E-state index >= 15 is 0 Å². The highest BCUT2D eigenvalue weighted by Crippen LogP contribution is 2.27. The van der Waals surface area contributed by atoms with Crippen LogP contribution in [0.1, 0.15) is 17.2 Å². The van der Waals surface area contributed by atoms with Gasteiger partial charge in [0, 0.05) is 30.9 Å². The molecule has 1 aromatic heterocycles. The van der Waals surface area contributed by atoms with Gasteiger partial charge in [-0.25, -0.2) is 0 Å². The van der Waals surface area contributed by atoms with Crippen molar-refractivity contribution in [1.29, 1.82) is 0 Å². The number of rotatable bonds is 3. The Bertz CT molecular complexity index is 898. The number of alkyl halides is 3. The maximum atomic E-state index is 12.9. The fraction of sp³-hybridized carbons (Fsp3) is 0.333. The largest absolute Gasteiger partial charge is 0.421 e. The summed E-state index contributed by atoms with van der Waals surface area (Å²) >= 11 is 6.03. The molecule has 0 aliphatic carbocycles. The molecule has 0 bridgehead atoms. The number of amides is 1. The summed E-state index contributed by atoms with van der Waals surface area (Å²) in [5.41, 5.74) is -1.70. The predicted molar refractivity (Wildman–Crippen MR) is 94.5 cm³/mol. The molecule has 1 N–H and O–H groups in total. The van der Waals surface area contributed by atoms with Crippen molar-refractivity contribution in [3.8, 4) is 0 Å². The molecule has 1 atom stereocenters. The summed E-state index contributed by atoms with van der Waals surface area (Å²) in [4.78, 5) is 26.4. The summed E-state index contributed by atoms with van der Waals surface area (Å²) in [6.45, 7) is 0.966. The minimum atomic E-state index is -4.76. The first-order valence-corrected chi connectivity index (χ1v) is 8.67. The number of hydrogen-bond donors (Lipinski definition) is 1. The van der Waals surface area contributed by atoms with Gasteiger partial charge in [0.15, 0.2) is 0 Å². The van der Waals surface area contributed by atoms with Crippen molar-refractivity contribution in [3.63, 3.8) is 0 Å². The average Bonchev–Trinajstić information content (AvgIpc) is 2.62. The molecule has 5 nitrogen and oxygen atoms in total. The van der Waals surface area contributed by atoms with Crippen LogP contribution in [-0.4, -0.2) is 35.0 Å². The van der Waals surface area contributed by atoms with Crippen LogP contribution in [0.25, 0.3) is 0 Å². The number of carbonyl (C=O) groups is 1. The van der Waals surface area contributed by atoms with E-state index in [0.29, 0.717) is 30.7 Å². The third kappa shape index (κ3) is 4.33. The quantitative estimate of drug-likeness (QED) is 0.863.